The van der Waals surface area contributed by atoms with Gasteiger partial charge in [0.2, 0.25) is 0 Å². The van der Waals surface area contributed by atoms with E-state index in [1.165, 1.54) is 23.3 Å². The van der Waals surface area contributed by atoms with Gasteiger partial charge in [0.25, 0.3) is 11.8 Å². The molecule has 1 fully saturated rings. The molecule has 3 rings (SSSR count). The number of benzene rings is 1. The molecule has 1 saturated heterocycles. The molecule has 2 aromatic rings. The number of hydrogen-bond acceptors (Lipinski definition) is 5. The van der Waals surface area contributed by atoms with Gasteiger partial charge in [-0.25, -0.2) is 0 Å². The Morgan fingerprint density at radius 2 is 2.04 bits per heavy atom. The lowest BCUT2D eigenvalue weighted by atomic mass is 10.0. The molecule has 2 amide bonds. The molecule has 1 aliphatic rings. The predicted molar refractivity (Wildman–Crippen MR) is 107 cm³/mol. The van der Waals surface area contributed by atoms with Gasteiger partial charge >= 0.3 is 0 Å². The molecule has 0 aliphatic carbocycles. The molecule has 6 nitrogen and oxygen atoms in total. The normalized spacial score (nSPS) is 16.3. The maximum absolute atomic E-state index is 12.9. The summed E-state index contributed by atoms with van der Waals surface area (Å²) in [5.74, 6) is -0.991. The number of rotatable bonds is 4. The van der Waals surface area contributed by atoms with Gasteiger partial charge in [-0.15, -0.1) is 6.58 Å². The summed E-state index contributed by atoms with van der Waals surface area (Å²) in [6, 6.07) is 5.42. The fraction of sp³-hybridized carbons (Fsp3) is 0.200. The third-order valence-electron chi connectivity index (χ3n) is 4.29. The van der Waals surface area contributed by atoms with E-state index in [0.717, 1.165) is 5.56 Å². The number of amides is 2. The van der Waals surface area contributed by atoms with Crippen molar-refractivity contribution >= 4 is 46.2 Å². The van der Waals surface area contributed by atoms with Gasteiger partial charge in [0.1, 0.15) is 17.4 Å². The average molecular weight is 382 g/mol. The van der Waals surface area contributed by atoms with Gasteiger partial charge in [-0.2, -0.15) is 0 Å². The van der Waals surface area contributed by atoms with Crippen LogP contribution < -0.4 is 10.7 Å². The third-order valence-corrected chi connectivity index (χ3v) is 4.61. The maximum Gasteiger partial charge on any atom is 0.265 e. The van der Waals surface area contributed by atoms with Crippen LogP contribution in [0.4, 0.5) is 0 Å². The lowest BCUT2D eigenvalue weighted by Crippen LogP contribution is -2.53. The second kappa shape index (κ2) is 7.28. The molecule has 27 heavy (non-hydrogen) atoms. The Kier molecular flexibility index (Phi) is 5.05. The summed E-state index contributed by atoms with van der Waals surface area (Å²) in [4.78, 5) is 38.9. The van der Waals surface area contributed by atoms with Crippen molar-refractivity contribution in [3.05, 3.63) is 64.0 Å². The highest BCUT2D eigenvalue weighted by Gasteiger charge is 2.32. The molecule has 1 aliphatic heterocycles. The SMILES string of the molecule is C=CCN1C(=O)/C(=C/c2coc3ccc(C(C)C)cc3c2=O)C(=O)NC1=S. The smallest absolute Gasteiger partial charge is 0.265 e. The van der Waals surface area contributed by atoms with Gasteiger partial charge in [0.05, 0.1) is 10.9 Å². The molecule has 0 saturated carbocycles. The first-order valence-electron chi connectivity index (χ1n) is 8.38. The Morgan fingerprint density at radius 1 is 1.30 bits per heavy atom. The van der Waals surface area contributed by atoms with Crippen LogP contribution in [-0.4, -0.2) is 28.4 Å². The van der Waals surface area contributed by atoms with E-state index in [0.29, 0.717) is 11.0 Å². The van der Waals surface area contributed by atoms with E-state index in [9.17, 15) is 14.4 Å². The van der Waals surface area contributed by atoms with Gasteiger partial charge in [0, 0.05) is 6.54 Å². The van der Waals surface area contributed by atoms with Gasteiger partial charge < -0.3 is 4.42 Å². The van der Waals surface area contributed by atoms with Crippen molar-refractivity contribution in [3.8, 4) is 0 Å². The lowest BCUT2D eigenvalue weighted by Gasteiger charge is -2.27. The number of carbonyl (C=O) groups is 2. The largest absolute Gasteiger partial charge is 0.463 e. The van der Waals surface area contributed by atoms with Crippen LogP contribution in [-0.2, 0) is 9.59 Å². The summed E-state index contributed by atoms with van der Waals surface area (Å²) in [5.41, 5.74) is 1.06. The van der Waals surface area contributed by atoms with E-state index in [-0.39, 0.29) is 34.1 Å². The van der Waals surface area contributed by atoms with Crippen LogP contribution >= 0.6 is 12.2 Å². The molecule has 0 bridgehead atoms. The summed E-state index contributed by atoms with van der Waals surface area (Å²) < 4.78 is 5.52. The minimum atomic E-state index is -0.652. The predicted octanol–water partition coefficient (Wildman–Crippen LogP) is 2.73. The van der Waals surface area contributed by atoms with Gasteiger partial charge in [0.15, 0.2) is 10.5 Å². The highest BCUT2D eigenvalue weighted by atomic mass is 32.1. The summed E-state index contributed by atoms with van der Waals surface area (Å²) in [6.07, 6.45) is 3.98. The minimum absolute atomic E-state index is 0.00849. The molecular formula is C20H18N2O4S. The van der Waals surface area contributed by atoms with Crippen LogP contribution in [0, 0.1) is 0 Å². The van der Waals surface area contributed by atoms with E-state index in [1.54, 1.807) is 12.1 Å². The van der Waals surface area contributed by atoms with Crippen molar-refractivity contribution in [2.45, 2.75) is 19.8 Å². The summed E-state index contributed by atoms with van der Waals surface area (Å²) >= 11 is 5.01. The summed E-state index contributed by atoms with van der Waals surface area (Å²) in [6.45, 7) is 7.77. The Morgan fingerprint density at radius 3 is 2.70 bits per heavy atom. The first kappa shape index (κ1) is 18.7. The summed E-state index contributed by atoms with van der Waals surface area (Å²) in [5, 5.41) is 2.85. The Labute approximate surface area is 161 Å². The zero-order valence-electron chi connectivity index (χ0n) is 14.9. The number of hydrogen-bond donors (Lipinski definition) is 1. The second-order valence-corrected chi connectivity index (χ2v) is 6.84. The molecule has 7 heteroatoms. The van der Waals surface area contributed by atoms with E-state index < -0.39 is 11.8 Å². The molecule has 2 heterocycles. The maximum atomic E-state index is 12.9. The molecular weight excluding hydrogens is 364 g/mol. The third kappa shape index (κ3) is 3.46. The number of carbonyl (C=O) groups excluding carboxylic acids is 2. The minimum Gasteiger partial charge on any atom is -0.463 e. The summed E-state index contributed by atoms with van der Waals surface area (Å²) in [7, 11) is 0. The van der Waals surface area contributed by atoms with Crippen molar-refractivity contribution in [1.82, 2.24) is 10.2 Å². The number of nitrogens with one attached hydrogen (secondary N) is 1. The van der Waals surface area contributed by atoms with Crippen LogP contribution in [0.15, 0.2) is 51.9 Å². The molecule has 0 atom stereocenters. The second-order valence-electron chi connectivity index (χ2n) is 6.45. The van der Waals surface area contributed by atoms with Crippen molar-refractivity contribution in [1.29, 1.82) is 0 Å². The molecule has 1 aromatic carbocycles. The molecule has 1 aromatic heterocycles. The number of nitrogens with zero attached hydrogens (tertiary/aromatic N) is 1. The van der Waals surface area contributed by atoms with Crippen molar-refractivity contribution in [2.24, 2.45) is 0 Å². The van der Waals surface area contributed by atoms with Crippen LogP contribution in [0.3, 0.4) is 0 Å². The molecule has 0 radical (unpaired) electrons. The van der Waals surface area contributed by atoms with E-state index in [4.69, 9.17) is 16.6 Å². The lowest BCUT2D eigenvalue weighted by molar-refractivity contribution is -0.128. The topological polar surface area (TPSA) is 79.6 Å². The van der Waals surface area contributed by atoms with Crippen molar-refractivity contribution in [2.75, 3.05) is 6.54 Å². The van der Waals surface area contributed by atoms with Crippen molar-refractivity contribution < 1.29 is 14.0 Å². The molecule has 1 N–H and O–H groups in total. The fourth-order valence-corrected chi connectivity index (χ4v) is 3.02. The Balaban J connectivity index is 2.11. The van der Waals surface area contributed by atoms with Crippen LogP contribution in [0.1, 0.15) is 30.9 Å². The monoisotopic (exact) mass is 382 g/mol. The van der Waals surface area contributed by atoms with Crippen LogP contribution in [0.5, 0.6) is 0 Å². The highest BCUT2D eigenvalue weighted by Crippen LogP contribution is 2.21. The zero-order chi connectivity index (χ0) is 19.7. The standard InChI is InChI=1S/C20H18N2O4S/c1-4-7-22-19(25)15(18(24)21-20(22)27)9-13-10-26-16-6-5-12(11(2)3)8-14(16)17(13)23/h4-6,8-11H,1,7H2,2-3H3,(H,21,24,27)/b15-9+. The fourth-order valence-electron chi connectivity index (χ4n) is 2.77. The van der Waals surface area contributed by atoms with Gasteiger partial charge in [-0.3, -0.25) is 24.6 Å². The average Bonchev–Trinajstić information content (AvgIpc) is 2.63. The van der Waals surface area contributed by atoms with Gasteiger partial charge in [-0.1, -0.05) is 26.0 Å². The van der Waals surface area contributed by atoms with E-state index in [1.807, 2.05) is 19.9 Å². The Hall–Kier alpha value is -3.06. The van der Waals surface area contributed by atoms with Crippen LogP contribution in [0.25, 0.3) is 17.0 Å². The first-order chi connectivity index (χ1) is 12.8. The van der Waals surface area contributed by atoms with Crippen LogP contribution in [0.2, 0.25) is 0 Å². The molecule has 138 valence electrons. The van der Waals surface area contributed by atoms with Crippen molar-refractivity contribution in [3.63, 3.8) is 0 Å². The Bertz CT molecular complexity index is 1070. The van der Waals surface area contributed by atoms with E-state index >= 15 is 0 Å². The van der Waals surface area contributed by atoms with Gasteiger partial charge in [-0.05, 0) is 41.9 Å². The highest BCUT2D eigenvalue weighted by molar-refractivity contribution is 7.80. The molecule has 0 spiro atoms. The molecule has 0 unspecified atom stereocenters. The first-order valence-corrected chi connectivity index (χ1v) is 8.79. The number of thiocarbonyl (C=S) groups is 1. The quantitative estimate of drug-likeness (QED) is 0.381. The zero-order valence-corrected chi connectivity index (χ0v) is 15.8. The van der Waals surface area contributed by atoms with E-state index in [2.05, 4.69) is 11.9 Å². The number of fused-ring (bicyclic) bond motifs is 1.